The Balaban J connectivity index is 1.83. The van der Waals surface area contributed by atoms with Crippen molar-refractivity contribution in [2.24, 2.45) is 4.99 Å². The van der Waals surface area contributed by atoms with Gasteiger partial charge in [0.25, 0.3) is 0 Å². The molecule has 7 heteroatoms. The molecule has 2 heterocycles. The second kappa shape index (κ2) is 11.4. The van der Waals surface area contributed by atoms with Crippen LogP contribution in [0.2, 0.25) is 16.6 Å². The number of benzene rings is 1. The first kappa shape index (κ1) is 26.4. The van der Waals surface area contributed by atoms with Crippen LogP contribution < -0.4 is 10.2 Å². The standard InChI is InChI=1S/C27H43N5OSi/c1-19(2)32(16-23-12-10-9-11-13-23)27-25-15-28-24(14-29-26(25)30-18-31-27)17-33-34(20(3)4,21(5)6)22(7)8/h9-13,15,18-22,24H,14,16-17H2,1-8H3,(H,29,30,31)/t24-/m0/s1. The number of aromatic nitrogens is 2. The van der Waals surface area contributed by atoms with Gasteiger partial charge >= 0.3 is 0 Å². The van der Waals surface area contributed by atoms with Crippen LogP contribution in [0, 0.1) is 0 Å². The highest BCUT2D eigenvalue weighted by Crippen LogP contribution is 2.42. The maximum Gasteiger partial charge on any atom is 0.200 e. The van der Waals surface area contributed by atoms with Gasteiger partial charge in [-0.25, -0.2) is 9.97 Å². The SMILES string of the molecule is CC(C)N(Cc1ccccc1)c1ncnc2c1C=N[C@H](CO[Si](C(C)C)(C(C)C)C(C)C)CN2. The summed E-state index contributed by atoms with van der Waals surface area (Å²) in [6.07, 6.45) is 3.61. The molecule has 1 aromatic carbocycles. The van der Waals surface area contributed by atoms with E-state index in [1.807, 2.05) is 12.3 Å². The molecule has 0 aliphatic carbocycles. The van der Waals surface area contributed by atoms with Gasteiger partial charge in [0.05, 0.1) is 18.2 Å². The number of rotatable bonds is 10. The zero-order valence-electron chi connectivity index (χ0n) is 22.2. The Morgan fingerprint density at radius 1 is 0.971 bits per heavy atom. The highest BCUT2D eigenvalue weighted by molar-refractivity contribution is 6.77. The van der Waals surface area contributed by atoms with Gasteiger partial charge in [-0.2, -0.15) is 0 Å². The zero-order chi connectivity index (χ0) is 24.9. The molecule has 0 unspecified atom stereocenters. The molecule has 3 rings (SSSR count). The maximum atomic E-state index is 6.84. The predicted molar refractivity (Wildman–Crippen MR) is 147 cm³/mol. The first-order chi connectivity index (χ1) is 16.2. The molecule has 0 bridgehead atoms. The van der Waals surface area contributed by atoms with Gasteiger partial charge in [0.15, 0.2) is 8.32 Å². The van der Waals surface area contributed by atoms with E-state index >= 15 is 0 Å². The van der Waals surface area contributed by atoms with Crippen LogP contribution in [0.4, 0.5) is 11.6 Å². The normalized spacial score (nSPS) is 16.2. The third-order valence-electron chi connectivity index (χ3n) is 7.11. The number of nitrogens with zero attached hydrogens (tertiary/aromatic N) is 4. The van der Waals surface area contributed by atoms with E-state index in [-0.39, 0.29) is 12.1 Å². The third-order valence-corrected chi connectivity index (χ3v) is 13.2. The van der Waals surface area contributed by atoms with Crippen molar-refractivity contribution in [2.75, 3.05) is 23.4 Å². The van der Waals surface area contributed by atoms with Crippen LogP contribution in [0.3, 0.4) is 0 Å². The van der Waals surface area contributed by atoms with Crippen molar-refractivity contribution in [3.05, 3.63) is 47.8 Å². The highest BCUT2D eigenvalue weighted by Gasteiger charge is 2.45. The molecule has 0 radical (unpaired) electrons. The fraction of sp³-hybridized carbons (Fsp3) is 0.593. The summed E-state index contributed by atoms with van der Waals surface area (Å²) in [7, 11) is -1.93. The van der Waals surface area contributed by atoms with E-state index in [0.29, 0.717) is 29.8 Å². The Labute approximate surface area is 207 Å². The van der Waals surface area contributed by atoms with Crippen molar-refractivity contribution in [3.63, 3.8) is 0 Å². The summed E-state index contributed by atoms with van der Waals surface area (Å²) in [4.78, 5) is 16.5. The van der Waals surface area contributed by atoms with Crippen molar-refractivity contribution in [1.82, 2.24) is 9.97 Å². The summed E-state index contributed by atoms with van der Waals surface area (Å²) >= 11 is 0. The van der Waals surface area contributed by atoms with Gasteiger partial charge in [-0.15, -0.1) is 0 Å². The van der Waals surface area contributed by atoms with Crippen LogP contribution in [-0.4, -0.2) is 49.7 Å². The van der Waals surface area contributed by atoms with E-state index in [9.17, 15) is 0 Å². The summed E-state index contributed by atoms with van der Waals surface area (Å²) in [6.45, 7) is 20.5. The van der Waals surface area contributed by atoms with Crippen molar-refractivity contribution < 1.29 is 4.43 Å². The summed E-state index contributed by atoms with van der Waals surface area (Å²) in [5, 5.41) is 3.53. The molecule has 34 heavy (non-hydrogen) atoms. The number of hydrogen-bond acceptors (Lipinski definition) is 6. The molecule has 2 aromatic rings. The molecular weight excluding hydrogens is 438 g/mol. The van der Waals surface area contributed by atoms with Gasteiger partial charge in [-0.05, 0) is 36.0 Å². The largest absolute Gasteiger partial charge is 0.414 e. The fourth-order valence-corrected chi connectivity index (χ4v) is 10.9. The number of nitrogens with one attached hydrogen (secondary N) is 1. The summed E-state index contributed by atoms with van der Waals surface area (Å²) in [5.74, 6) is 1.76. The van der Waals surface area contributed by atoms with Crippen LogP contribution in [0.25, 0.3) is 0 Å². The van der Waals surface area contributed by atoms with Gasteiger partial charge in [0, 0.05) is 25.3 Å². The van der Waals surface area contributed by atoms with Crippen molar-refractivity contribution in [3.8, 4) is 0 Å². The van der Waals surface area contributed by atoms with Crippen LogP contribution >= 0.6 is 0 Å². The number of fused-ring (bicyclic) bond motifs is 1. The molecule has 0 spiro atoms. The molecule has 1 aliphatic rings. The molecule has 1 N–H and O–H groups in total. The first-order valence-electron chi connectivity index (χ1n) is 12.7. The summed E-state index contributed by atoms with van der Waals surface area (Å²) < 4.78 is 6.84. The molecule has 0 saturated carbocycles. The summed E-state index contributed by atoms with van der Waals surface area (Å²) in [6, 6.07) is 10.9. The molecule has 0 saturated heterocycles. The van der Waals surface area contributed by atoms with Gasteiger partial charge in [-0.3, -0.25) is 4.99 Å². The van der Waals surface area contributed by atoms with Gasteiger partial charge < -0.3 is 14.6 Å². The molecule has 0 amide bonds. The Morgan fingerprint density at radius 2 is 1.62 bits per heavy atom. The Hall–Kier alpha value is -2.25. The Kier molecular flexibility index (Phi) is 8.87. The predicted octanol–water partition coefficient (Wildman–Crippen LogP) is 6.30. The molecule has 0 fully saturated rings. The third kappa shape index (κ3) is 5.69. The van der Waals surface area contributed by atoms with Crippen LogP contribution in [0.1, 0.15) is 66.5 Å². The summed E-state index contributed by atoms with van der Waals surface area (Å²) in [5.41, 5.74) is 3.88. The Morgan fingerprint density at radius 3 is 2.21 bits per heavy atom. The van der Waals surface area contributed by atoms with E-state index in [2.05, 4.69) is 94.9 Å². The Bertz CT molecular complexity index is 924. The minimum atomic E-state index is -1.93. The fourth-order valence-electron chi connectivity index (χ4n) is 5.45. The number of hydrogen-bond donors (Lipinski definition) is 1. The minimum Gasteiger partial charge on any atom is -0.414 e. The zero-order valence-corrected chi connectivity index (χ0v) is 23.2. The van der Waals surface area contributed by atoms with Crippen LogP contribution in [0.5, 0.6) is 0 Å². The average Bonchev–Trinajstić information content (AvgIpc) is 3.00. The molecule has 186 valence electrons. The van der Waals surface area contributed by atoms with E-state index in [1.54, 1.807) is 6.33 Å². The minimum absolute atomic E-state index is 0.0480. The lowest BCUT2D eigenvalue weighted by Crippen LogP contribution is -2.49. The monoisotopic (exact) mass is 481 g/mol. The van der Waals surface area contributed by atoms with Crippen molar-refractivity contribution in [2.45, 2.75) is 90.6 Å². The second-order valence-electron chi connectivity index (χ2n) is 10.6. The lowest BCUT2D eigenvalue weighted by Gasteiger charge is -2.42. The second-order valence-corrected chi connectivity index (χ2v) is 16.1. The molecule has 1 aromatic heterocycles. The van der Waals surface area contributed by atoms with E-state index in [4.69, 9.17) is 14.4 Å². The van der Waals surface area contributed by atoms with Crippen molar-refractivity contribution >= 4 is 26.2 Å². The first-order valence-corrected chi connectivity index (χ1v) is 14.9. The van der Waals surface area contributed by atoms with E-state index < -0.39 is 8.32 Å². The molecule has 1 atom stereocenters. The lowest BCUT2D eigenvalue weighted by molar-refractivity contribution is 0.259. The smallest absolute Gasteiger partial charge is 0.200 e. The van der Waals surface area contributed by atoms with E-state index in [1.165, 1.54) is 5.56 Å². The molecule has 6 nitrogen and oxygen atoms in total. The van der Waals surface area contributed by atoms with E-state index in [0.717, 1.165) is 23.7 Å². The number of aliphatic imine (C=N–C) groups is 1. The highest BCUT2D eigenvalue weighted by atomic mass is 28.4. The lowest BCUT2D eigenvalue weighted by atomic mass is 10.1. The average molecular weight is 482 g/mol. The van der Waals surface area contributed by atoms with Gasteiger partial charge in [-0.1, -0.05) is 71.9 Å². The van der Waals surface area contributed by atoms with Gasteiger partial charge in [0.2, 0.25) is 0 Å². The van der Waals surface area contributed by atoms with Crippen LogP contribution in [-0.2, 0) is 11.0 Å². The molecular formula is C27H43N5OSi. The topological polar surface area (TPSA) is 62.6 Å². The quantitative estimate of drug-likeness (QED) is 0.404. The van der Waals surface area contributed by atoms with Gasteiger partial charge in [0.1, 0.15) is 18.0 Å². The molecule has 1 aliphatic heterocycles. The van der Waals surface area contributed by atoms with Crippen LogP contribution in [0.15, 0.2) is 41.7 Å². The maximum absolute atomic E-state index is 6.84. The van der Waals surface area contributed by atoms with Crippen molar-refractivity contribution in [1.29, 1.82) is 0 Å². The number of anilines is 2.